The van der Waals surface area contributed by atoms with Crippen molar-refractivity contribution in [3.63, 3.8) is 0 Å². The first-order chi connectivity index (χ1) is 13.3. The molecule has 0 saturated carbocycles. The van der Waals surface area contributed by atoms with Crippen molar-refractivity contribution in [1.29, 1.82) is 0 Å². The summed E-state index contributed by atoms with van der Waals surface area (Å²) in [6.45, 7) is 0. The van der Waals surface area contributed by atoms with Crippen LogP contribution in [0.25, 0.3) is 44.3 Å². The van der Waals surface area contributed by atoms with Crippen molar-refractivity contribution < 1.29 is 0 Å². The number of hydrogen-bond acceptors (Lipinski definition) is 2. The van der Waals surface area contributed by atoms with Gasteiger partial charge in [0.1, 0.15) is 0 Å². The molecule has 128 valence electrons. The van der Waals surface area contributed by atoms with Crippen molar-refractivity contribution in [2.24, 2.45) is 0 Å². The lowest BCUT2D eigenvalue weighted by molar-refractivity contribution is 1.23. The molecule has 27 heavy (non-hydrogen) atoms. The van der Waals surface area contributed by atoms with E-state index in [1.165, 1.54) is 10.8 Å². The maximum absolute atomic E-state index is 5.00. The second-order valence-corrected chi connectivity index (χ2v) is 7.37. The van der Waals surface area contributed by atoms with Gasteiger partial charge in [0, 0.05) is 21.0 Å². The number of hydrogen-bond donors (Lipinski definition) is 0. The van der Waals surface area contributed by atoms with E-state index in [9.17, 15) is 0 Å². The Labute approximate surface area is 165 Å². The van der Waals surface area contributed by atoms with Gasteiger partial charge in [-0.1, -0.05) is 88.7 Å². The van der Waals surface area contributed by atoms with Crippen LogP contribution in [0.1, 0.15) is 0 Å². The van der Waals surface area contributed by atoms with Crippen molar-refractivity contribution in [3.05, 3.63) is 95.5 Å². The lowest BCUT2D eigenvalue weighted by atomic mass is 9.99. The van der Waals surface area contributed by atoms with Crippen LogP contribution in [0.3, 0.4) is 0 Å². The summed E-state index contributed by atoms with van der Waals surface area (Å²) < 4.78 is 1.02. The minimum atomic E-state index is 0.734. The third kappa shape index (κ3) is 2.90. The SMILES string of the molecule is Brc1cccc(-c2nc(-c3cccc4ccccc34)c3ccccc3n2)c1. The van der Waals surface area contributed by atoms with E-state index in [2.05, 4.69) is 70.5 Å². The zero-order valence-corrected chi connectivity index (χ0v) is 16.0. The molecule has 0 aliphatic rings. The molecule has 5 aromatic rings. The second-order valence-electron chi connectivity index (χ2n) is 6.45. The smallest absolute Gasteiger partial charge is 0.160 e. The molecule has 0 amide bonds. The van der Waals surface area contributed by atoms with E-state index in [4.69, 9.17) is 9.97 Å². The van der Waals surface area contributed by atoms with Crippen LogP contribution in [0.2, 0.25) is 0 Å². The van der Waals surface area contributed by atoms with Gasteiger partial charge < -0.3 is 0 Å². The van der Waals surface area contributed by atoms with Crippen LogP contribution in [-0.4, -0.2) is 9.97 Å². The summed E-state index contributed by atoms with van der Waals surface area (Å²) in [6.07, 6.45) is 0. The van der Waals surface area contributed by atoms with Crippen molar-refractivity contribution >= 4 is 37.6 Å². The Bertz CT molecular complexity index is 1290. The summed E-state index contributed by atoms with van der Waals surface area (Å²) in [5.74, 6) is 0.734. The summed E-state index contributed by atoms with van der Waals surface area (Å²) in [7, 11) is 0. The van der Waals surface area contributed by atoms with Gasteiger partial charge in [-0.25, -0.2) is 9.97 Å². The molecular formula is C24H15BrN2. The lowest BCUT2D eigenvalue weighted by Crippen LogP contribution is -1.95. The van der Waals surface area contributed by atoms with E-state index in [0.717, 1.165) is 38.0 Å². The molecule has 0 N–H and O–H groups in total. The first kappa shape index (κ1) is 16.2. The maximum atomic E-state index is 5.00. The number of nitrogens with zero attached hydrogens (tertiary/aromatic N) is 2. The largest absolute Gasteiger partial charge is 0.228 e. The lowest BCUT2D eigenvalue weighted by Gasteiger charge is -2.11. The summed E-state index contributed by atoms with van der Waals surface area (Å²) in [5.41, 5.74) is 4.04. The number of aromatic nitrogens is 2. The van der Waals surface area contributed by atoms with Gasteiger partial charge in [-0.3, -0.25) is 0 Å². The second kappa shape index (κ2) is 6.60. The highest BCUT2D eigenvalue weighted by Crippen LogP contribution is 2.33. The Morgan fingerprint density at radius 3 is 2.26 bits per heavy atom. The number of fused-ring (bicyclic) bond motifs is 2. The Kier molecular flexibility index (Phi) is 3.95. The number of benzene rings is 4. The minimum absolute atomic E-state index is 0.734. The maximum Gasteiger partial charge on any atom is 0.160 e. The van der Waals surface area contributed by atoms with Crippen LogP contribution < -0.4 is 0 Å². The number of rotatable bonds is 2. The summed E-state index contributed by atoms with van der Waals surface area (Å²) in [6, 6.07) is 31.1. The third-order valence-corrected chi connectivity index (χ3v) is 5.22. The molecule has 0 aliphatic heterocycles. The quantitative estimate of drug-likeness (QED) is 0.316. The molecule has 4 aromatic carbocycles. The average Bonchev–Trinajstić information content (AvgIpc) is 2.72. The highest BCUT2D eigenvalue weighted by molar-refractivity contribution is 9.10. The Morgan fingerprint density at radius 2 is 1.37 bits per heavy atom. The molecule has 0 bridgehead atoms. The fourth-order valence-electron chi connectivity index (χ4n) is 3.47. The molecule has 1 heterocycles. The van der Waals surface area contributed by atoms with Gasteiger partial charge in [0.2, 0.25) is 0 Å². The fraction of sp³-hybridized carbons (Fsp3) is 0. The molecule has 0 spiro atoms. The molecule has 0 aliphatic carbocycles. The molecular weight excluding hydrogens is 396 g/mol. The molecule has 0 radical (unpaired) electrons. The van der Waals surface area contributed by atoms with Crippen molar-refractivity contribution in [2.75, 3.05) is 0 Å². The minimum Gasteiger partial charge on any atom is -0.228 e. The molecule has 0 fully saturated rings. The van der Waals surface area contributed by atoms with Gasteiger partial charge in [0.25, 0.3) is 0 Å². The summed E-state index contributed by atoms with van der Waals surface area (Å²) in [4.78, 5) is 9.82. The Hall–Kier alpha value is -3.04. The van der Waals surface area contributed by atoms with Crippen molar-refractivity contribution in [1.82, 2.24) is 9.97 Å². The Morgan fingerprint density at radius 1 is 0.630 bits per heavy atom. The van der Waals surface area contributed by atoms with E-state index in [0.29, 0.717) is 0 Å². The fourth-order valence-corrected chi connectivity index (χ4v) is 3.87. The summed E-state index contributed by atoms with van der Waals surface area (Å²) >= 11 is 3.55. The molecule has 5 rings (SSSR count). The van der Waals surface area contributed by atoms with Crippen molar-refractivity contribution in [3.8, 4) is 22.6 Å². The van der Waals surface area contributed by atoms with E-state index in [-0.39, 0.29) is 0 Å². The van der Waals surface area contributed by atoms with Gasteiger partial charge >= 0.3 is 0 Å². The highest BCUT2D eigenvalue weighted by atomic mass is 79.9. The van der Waals surface area contributed by atoms with E-state index >= 15 is 0 Å². The van der Waals surface area contributed by atoms with Crippen molar-refractivity contribution in [2.45, 2.75) is 0 Å². The molecule has 0 saturated heterocycles. The van der Waals surface area contributed by atoms with Gasteiger partial charge in [-0.2, -0.15) is 0 Å². The number of para-hydroxylation sites is 1. The standard InChI is InChI=1S/C24H15BrN2/c25-18-10-5-9-17(15-18)24-26-22-14-4-3-12-21(22)23(27-24)20-13-6-8-16-7-1-2-11-19(16)20/h1-15H. The van der Waals surface area contributed by atoms with Crippen LogP contribution in [0.4, 0.5) is 0 Å². The topological polar surface area (TPSA) is 25.8 Å². The molecule has 1 aromatic heterocycles. The zero-order chi connectivity index (χ0) is 18.2. The highest BCUT2D eigenvalue weighted by Gasteiger charge is 2.13. The first-order valence-electron chi connectivity index (χ1n) is 8.80. The Balaban J connectivity index is 1.86. The average molecular weight is 411 g/mol. The molecule has 0 atom stereocenters. The van der Waals surface area contributed by atoms with Crippen LogP contribution >= 0.6 is 15.9 Å². The first-order valence-corrected chi connectivity index (χ1v) is 9.60. The van der Waals surface area contributed by atoms with Crippen LogP contribution in [-0.2, 0) is 0 Å². The molecule has 3 heteroatoms. The van der Waals surface area contributed by atoms with Crippen LogP contribution in [0.5, 0.6) is 0 Å². The van der Waals surface area contributed by atoms with Gasteiger partial charge in [0.15, 0.2) is 5.82 Å². The van der Waals surface area contributed by atoms with Crippen LogP contribution in [0, 0.1) is 0 Å². The van der Waals surface area contributed by atoms with Gasteiger partial charge in [0.05, 0.1) is 11.2 Å². The van der Waals surface area contributed by atoms with Gasteiger partial charge in [-0.15, -0.1) is 0 Å². The van der Waals surface area contributed by atoms with Gasteiger partial charge in [-0.05, 0) is 29.0 Å². The molecule has 2 nitrogen and oxygen atoms in total. The predicted molar refractivity (Wildman–Crippen MR) is 116 cm³/mol. The predicted octanol–water partition coefficient (Wildman–Crippen LogP) is 6.88. The normalized spacial score (nSPS) is 11.1. The number of halogens is 1. The van der Waals surface area contributed by atoms with E-state index < -0.39 is 0 Å². The van der Waals surface area contributed by atoms with Crippen LogP contribution in [0.15, 0.2) is 95.5 Å². The third-order valence-electron chi connectivity index (χ3n) is 4.73. The monoisotopic (exact) mass is 410 g/mol. The molecule has 0 unspecified atom stereocenters. The summed E-state index contributed by atoms with van der Waals surface area (Å²) in [5, 5.41) is 3.47. The zero-order valence-electron chi connectivity index (χ0n) is 14.4. The van der Waals surface area contributed by atoms with E-state index in [1.54, 1.807) is 0 Å². The van der Waals surface area contributed by atoms with E-state index in [1.807, 2.05) is 36.4 Å².